The Balaban J connectivity index is 1.71. The van der Waals surface area contributed by atoms with Gasteiger partial charge in [0.05, 0.1) is 26.8 Å². The zero-order chi connectivity index (χ0) is 16.4. The van der Waals surface area contributed by atoms with Crippen LogP contribution in [0.3, 0.4) is 0 Å². The molecule has 3 rings (SSSR count). The fourth-order valence-corrected chi connectivity index (χ4v) is 4.26. The van der Waals surface area contributed by atoms with Crippen LogP contribution in [0, 0.1) is 0 Å². The number of thiophene rings is 1. The second-order valence-corrected chi connectivity index (χ2v) is 7.56. The molecule has 0 atom stereocenters. The van der Waals surface area contributed by atoms with Gasteiger partial charge in [0.25, 0.3) is 5.91 Å². The van der Waals surface area contributed by atoms with Gasteiger partial charge in [-0.3, -0.25) is 15.6 Å². The molecule has 1 aromatic carbocycles. The number of carbonyl (C=O) groups is 1. The predicted octanol–water partition coefficient (Wildman–Crippen LogP) is 5.59. The number of rotatable bonds is 4. The molecule has 0 aliphatic heterocycles. The molecule has 3 aromatic rings. The van der Waals surface area contributed by atoms with E-state index < -0.39 is 0 Å². The zero-order valence-corrected chi connectivity index (χ0v) is 15.2. The van der Waals surface area contributed by atoms with Crippen LogP contribution in [0.5, 0.6) is 0 Å². The highest BCUT2D eigenvalue weighted by Crippen LogP contribution is 2.33. The molecule has 0 unspecified atom stereocenters. The Hall–Kier alpha value is -1.31. The summed E-state index contributed by atoms with van der Waals surface area (Å²) in [6.07, 6.45) is 1.53. The van der Waals surface area contributed by atoms with E-state index in [-0.39, 0.29) is 5.91 Å². The van der Waals surface area contributed by atoms with Gasteiger partial charge in [-0.25, -0.2) is 4.98 Å². The minimum Gasteiger partial charge on any atom is -0.295 e. The van der Waals surface area contributed by atoms with Gasteiger partial charge < -0.3 is 0 Å². The van der Waals surface area contributed by atoms with Crippen molar-refractivity contribution >= 4 is 69.1 Å². The van der Waals surface area contributed by atoms with Gasteiger partial charge in [0.2, 0.25) is 0 Å². The van der Waals surface area contributed by atoms with Crippen LogP contribution < -0.4 is 10.9 Å². The topological polar surface area (TPSA) is 54.0 Å². The molecule has 0 saturated carbocycles. The molecule has 0 aliphatic rings. The first-order chi connectivity index (χ1) is 11.0. The van der Waals surface area contributed by atoms with E-state index in [2.05, 4.69) is 15.8 Å². The number of nitrogens with zero attached hydrogens (tertiary/aromatic N) is 1. The summed E-state index contributed by atoms with van der Waals surface area (Å²) in [6, 6.07) is 6.96. The average Bonchev–Trinajstić information content (AvgIpc) is 3.17. The Morgan fingerprint density at radius 1 is 1.17 bits per heavy atom. The summed E-state index contributed by atoms with van der Waals surface area (Å²) in [5.74, 6) is -0.326. The number of benzene rings is 1. The molecule has 2 heterocycles. The van der Waals surface area contributed by atoms with Crippen LogP contribution in [0.2, 0.25) is 15.1 Å². The highest BCUT2D eigenvalue weighted by molar-refractivity contribution is 7.22. The molecule has 1 amide bonds. The number of anilines is 1. The van der Waals surface area contributed by atoms with Gasteiger partial charge in [-0.15, -0.1) is 22.7 Å². The zero-order valence-electron chi connectivity index (χ0n) is 11.3. The second-order valence-electron chi connectivity index (χ2n) is 4.33. The summed E-state index contributed by atoms with van der Waals surface area (Å²) in [4.78, 5) is 17.9. The normalized spacial score (nSPS) is 10.6. The molecule has 4 nitrogen and oxygen atoms in total. The molecule has 2 N–H and O–H groups in total. The number of hydrogen-bond acceptors (Lipinski definition) is 5. The third kappa shape index (κ3) is 3.79. The number of hydrogen-bond donors (Lipinski definition) is 2. The van der Waals surface area contributed by atoms with Crippen molar-refractivity contribution in [2.45, 2.75) is 0 Å². The summed E-state index contributed by atoms with van der Waals surface area (Å²) in [5, 5.41) is 3.80. The number of amides is 1. The molecule has 2 aromatic heterocycles. The standard InChI is InChI=1S/C14H8Cl3N3OS2/c15-7-4-8(16)12(9(17)5-7)19-20-13(21)11-6-18-14(23-11)10-2-1-3-22-10/h1-6,19H,(H,20,21). The fraction of sp³-hybridized carbons (Fsp3) is 0. The summed E-state index contributed by atoms with van der Waals surface area (Å²) in [7, 11) is 0. The number of carbonyl (C=O) groups excluding carboxylic acids is 1. The van der Waals surface area contributed by atoms with Gasteiger partial charge in [0, 0.05) is 5.02 Å². The lowest BCUT2D eigenvalue weighted by atomic mass is 10.3. The molecule has 0 aliphatic carbocycles. The Morgan fingerprint density at radius 2 is 1.91 bits per heavy atom. The van der Waals surface area contributed by atoms with Gasteiger partial charge in [0.1, 0.15) is 9.88 Å². The van der Waals surface area contributed by atoms with E-state index in [1.165, 1.54) is 29.7 Å². The monoisotopic (exact) mass is 403 g/mol. The van der Waals surface area contributed by atoms with Crippen molar-refractivity contribution in [3.63, 3.8) is 0 Å². The molecular weight excluding hydrogens is 397 g/mol. The Labute approximate surface area is 155 Å². The summed E-state index contributed by atoms with van der Waals surface area (Å²) in [6.45, 7) is 0. The SMILES string of the molecule is O=C(NNc1c(Cl)cc(Cl)cc1Cl)c1cnc(-c2cccs2)s1. The Morgan fingerprint density at radius 3 is 2.57 bits per heavy atom. The molecule has 0 saturated heterocycles. The van der Waals surface area contributed by atoms with Gasteiger partial charge in [-0.05, 0) is 23.6 Å². The lowest BCUT2D eigenvalue weighted by molar-refractivity contribution is 0.0966. The molecular formula is C14H8Cl3N3OS2. The van der Waals surface area contributed by atoms with Crippen molar-refractivity contribution in [2.75, 3.05) is 5.43 Å². The maximum Gasteiger partial charge on any atom is 0.281 e. The fourth-order valence-electron chi connectivity index (χ4n) is 1.74. The predicted molar refractivity (Wildman–Crippen MR) is 98.0 cm³/mol. The quantitative estimate of drug-likeness (QED) is 0.557. The summed E-state index contributed by atoms with van der Waals surface area (Å²) < 4.78 is 0. The Kier molecular flexibility index (Phi) is 5.08. The van der Waals surface area contributed by atoms with Gasteiger partial charge in [-0.1, -0.05) is 40.9 Å². The lowest BCUT2D eigenvalue weighted by Gasteiger charge is -2.11. The van der Waals surface area contributed by atoms with Crippen LogP contribution >= 0.6 is 57.5 Å². The van der Waals surface area contributed by atoms with Crippen LogP contribution in [-0.2, 0) is 0 Å². The minimum atomic E-state index is -0.326. The highest BCUT2D eigenvalue weighted by Gasteiger charge is 2.14. The van der Waals surface area contributed by atoms with E-state index >= 15 is 0 Å². The molecule has 23 heavy (non-hydrogen) atoms. The third-order valence-electron chi connectivity index (χ3n) is 2.77. The first-order valence-corrected chi connectivity index (χ1v) is 9.08. The third-order valence-corrected chi connectivity index (χ3v) is 5.62. The molecule has 0 bridgehead atoms. The van der Waals surface area contributed by atoms with E-state index in [0.29, 0.717) is 25.6 Å². The number of hydrazine groups is 1. The van der Waals surface area contributed by atoms with E-state index in [0.717, 1.165) is 9.88 Å². The first kappa shape index (κ1) is 16.5. The molecule has 0 spiro atoms. The van der Waals surface area contributed by atoms with Crippen molar-refractivity contribution in [3.8, 4) is 9.88 Å². The summed E-state index contributed by atoms with van der Waals surface area (Å²) >= 11 is 20.8. The Bertz CT molecular complexity index is 826. The molecule has 0 fully saturated rings. The average molecular weight is 405 g/mol. The second kappa shape index (κ2) is 7.07. The van der Waals surface area contributed by atoms with Crippen LogP contribution in [0.4, 0.5) is 5.69 Å². The van der Waals surface area contributed by atoms with Gasteiger partial charge >= 0.3 is 0 Å². The van der Waals surface area contributed by atoms with Crippen molar-refractivity contribution in [2.24, 2.45) is 0 Å². The number of halogens is 3. The smallest absolute Gasteiger partial charge is 0.281 e. The number of nitrogens with one attached hydrogen (secondary N) is 2. The maximum atomic E-state index is 12.2. The first-order valence-electron chi connectivity index (χ1n) is 6.25. The summed E-state index contributed by atoms with van der Waals surface area (Å²) in [5.41, 5.74) is 5.64. The largest absolute Gasteiger partial charge is 0.295 e. The minimum absolute atomic E-state index is 0.311. The molecule has 9 heteroatoms. The van der Waals surface area contributed by atoms with Crippen molar-refractivity contribution < 1.29 is 4.79 Å². The maximum absolute atomic E-state index is 12.2. The number of aromatic nitrogens is 1. The number of thiazole rings is 1. The van der Waals surface area contributed by atoms with E-state index in [1.807, 2.05) is 17.5 Å². The van der Waals surface area contributed by atoms with Gasteiger partial charge in [0.15, 0.2) is 0 Å². The molecule has 118 valence electrons. The van der Waals surface area contributed by atoms with Crippen LogP contribution in [-0.4, -0.2) is 10.9 Å². The lowest BCUT2D eigenvalue weighted by Crippen LogP contribution is -2.29. The molecule has 0 radical (unpaired) electrons. The van der Waals surface area contributed by atoms with Crippen molar-refractivity contribution in [1.82, 2.24) is 10.4 Å². The van der Waals surface area contributed by atoms with Crippen molar-refractivity contribution in [1.29, 1.82) is 0 Å². The van der Waals surface area contributed by atoms with E-state index in [1.54, 1.807) is 11.3 Å². The van der Waals surface area contributed by atoms with Crippen LogP contribution in [0.1, 0.15) is 9.67 Å². The van der Waals surface area contributed by atoms with Crippen LogP contribution in [0.15, 0.2) is 35.8 Å². The van der Waals surface area contributed by atoms with Crippen molar-refractivity contribution in [3.05, 3.63) is 55.8 Å². The van der Waals surface area contributed by atoms with Gasteiger partial charge in [-0.2, -0.15) is 0 Å². The van der Waals surface area contributed by atoms with Crippen LogP contribution in [0.25, 0.3) is 9.88 Å². The van der Waals surface area contributed by atoms with E-state index in [4.69, 9.17) is 34.8 Å². The van der Waals surface area contributed by atoms with E-state index in [9.17, 15) is 4.79 Å². The highest BCUT2D eigenvalue weighted by atomic mass is 35.5.